The van der Waals surface area contributed by atoms with E-state index in [0.717, 1.165) is 6.42 Å². The number of ether oxygens (including phenoxy) is 1. The Morgan fingerprint density at radius 2 is 2.12 bits per heavy atom. The first-order valence-corrected chi connectivity index (χ1v) is 5.99. The minimum Gasteiger partial charge on any atom is -0.490 e. The molecule has 17 heavy (non-hydrogen) atoms. The number of anilines is 2. The number of aromatic nitrogens is 2. The SMILES string of the molecule is CCC(C)CC(C)Nc1ncnc(N)c1OC. The van der Waals surface area contributed by atoms with Gasteiger partial charge in [-0.1, -0.05) is 20.3 Å². The Morgan fingerprint density at radius 1 is 1.41 bits per heavy atom. The molecule has 0 aromatic carbocycles. The van der Waals surface area contributed by atoms with Crippen LogP contribution in [0.5, 0.6) is 5.75 Å². The van der Waals surface area contributed by atoms with Crippen LogP contribution in [-0.2, 0) is 0 Å². The number of nitrogen functional groups attached to an aromatic ring is 1. The van der Waals surface area contributed by atoms with Gasteiger partial charge in [0.1, 0.15) is 6.33 Å². The number of hydrogen-bond acceptors (Lipinski definition) is 5. The number of nitrogens with two attached hydrogens (primary N) is 1. The van der Waals surface area contributed by atoms with Crippen LogP contribution < -0.4 is 15.8 Å². The highest BCUT2D eigenvalue weighted by atomic mass is 16.5. The number of rotatable bonds is 6. The smallest absolute Gasteiger partial charge is 0.203 e. The first-order chi connectivity index (χ1) is 8.08. The molecule has 0 aliphatic carbocycles. The lowest BCUT2D eigenvalue weighted by Crippen LogP contribution is -2.20. The van der Waals surface area contributed by atoms with Crippen molar-refractivity contribution < 1.29 is 4.74 Å². The van der Waals surface area contributed by atoms with Gasteiger partial charge in [0, 0.05) is 6.04 Å². The third-order valence-electron chi connectivity index (χ3n) is 2.87. The van der Waals surface area contributed by atoms with Crippen LogP contribution >= 0.6 is 0 Å². The molecule has 96 valence electrons. The zero-order chi connectivity index (χ0) is 12.8. The Hall–Kier alpha value is -1.52. The molecule has 0 radical (unpaired) electrons. The van der Waals surface area contributed by atoms with Crippen molar-refractivity contribution in [3.8, 4) is 5.75 Å². The molecule has 0 spiro atoms. The maximum absolute atomic E-state index is 5.72. The second kappa shape index (κ2) is 6.27. The van der Waals surface area contributed by atoms with Crippen molar-refractivity contribution in [2.45, 2.75) is 39.7 Å². The first-order valence-electron chi connectivity index (χ1n) is 5.99. The Kier molecular flexibility index (Phi) is 5.00. The van der Waals surface area contributed by atoms with Gasteiger partial charge in [0.2, 0.25) is 5.75 Å². The van der Waals surface area contributed by atoms with Crippen molar-refractivity contribution in [3.05, 3.63) is 6.33 Å². The molecule has 0 saturated carbocycles. The predicted molar refractivity (Wildman–Crippen MR) is 70.2 cm³/mol. The zero-order valence-electron chi connectivity index (χ0n) is 11.0. The average Bonchev–Trinajstić information content (AvgIpc) is 2.29. The Labute approximate surface area is 103 Å². The Bertz CT molecular complexity index is 356. The van der Waals surface area contributed by atoms with E-state index in [1.807, 2.05) is 0 Å². The molecule has 0 amide bonds. The third-order valence-corrected chi connectivity index (χ3v) is 2.87. The van der Waals surface area contributed by atoms with Crippen LogP contribution in [0.3, 0.4) is 0 Å². The molecule has 2 atom stereocenters. The van der Waals surface area contributed by atoms with Crippen molar-refractivity contribution in [1.29, 1.82) is 0 Å². The molecule has 1 heterocycles. The predicted octanol–water partition coefficient (Wildman–Crippen LogP) is 2.30. The van der Waals surface area contributed by atoms with E-state index in [1.165, 1.54) is 12.7 Å². The van der Waals surface area contributed by atoms with E-state index in [1.54, 1.807) is 7.11 Å². The molecule has 1 rings (SSSR count). The minimum atomic E-state index is 0.327. The fourth-order valence-corrected chi connectivity index (χ4v) is 1.75. The highest BCUT2D eigenvalue weighted by molar-refractivity contribution is 5.61. The molecule has 5 heteroatoms. The summed E-state index contributed by atoms with van der Waals surface area (Å²) in [5.41, 5.74) is 5.72. The normalized spacial score (nSPS) is 14.1. The monoisotopic (exact) mass is 238 g/mol. The van der Waals surface area contributed by atoms with E-state index >= 15 is 0 Å². The van der Waals surface area contributed by atoms with Crippen molar-refractivity contribution in [1.82, 2.24) is 9.97 Å². The molecule has 0 fully saturated rings. The maximum atomic E-state index is 5.72. The quantitative estimate of drug-likeness (QED) is 0.795. The van der Waals surface area contributed by atoms with Gasteiger partial charge in [0.05, 0.1) is 7.11 Å². The summed E-state index contributed by atoms with van der Waals surface area (Å²) in [6.45, 7) is 6.56. The number of methoxy groups -OCH3 is 1. The zero-order valence-corrected chi connectivity index (χ0v) is 11.0. The second-order valence-corrected chi connectivity index (χ2v) is 4.44. The first kappa shape index (κ1) is 13.5. The van der Waals surface area contributed by atoms with E-state index in [4.69, 9.17) is 10.5 Å². The molecule has 0 aliphatic rings. The summed E-state index contributed by atoms with van der Waals surface area (Å²) < 4.78 is 5.20. The van der Waals surface area contributed by atoms with Gasteiger partial charge in [-0.05, 0) is 19.3 Å². The number of nitrogens with zero attached hydrogens (tertiary/aromatic N) is 2. The van der Waals surface area contributed by atoms with E-state index in [9.17, 15) is 0 Å². The van der Waals surface area contributed by atoms with Gasteiger partial charge in [-0.15, -0.1) is 0 Å². The molecular weight excluding hydrogens is 216 g/mol. The summed E-state index contributed by atoms with van der Waals surface area (Å²) in [5, 5.41) is 3.31. The van der Waals surface area contributed by atoms with Crippen LogP contribution in [0.15, 0.2) is 6.33 Å². The minimum absolute atomic E-state index is 0.327. The summed E-state index contributed by atoms with van der Waals surface area (Å²) in [5.74, 6) is 2.22. The fourth-order valence-electron chi connectivity index (χ4n) is 1.75. The summed E-state index contributed by atoms with van der Waals surface area (Å²) in [6, 6.07) is 0.327. The van der Waals surface area contributed by atoms with Gasteiger partial charge >= 0.3 is 0 Å². The summed E-state index contributed by atoms with van der Waals surface area (Å²) in [6.07, 6.45) is 3.70. The highest BCUT2D eigenvalue weighted by Crippen LogP contribution is 2.27. The van der Waals surface area contributed by atoms with E-state index in [0.29, 0.717) is 29.3 Å². The largest absolute Gasteiger partial charge is 0.490 e. The summed E-state index contributed by atoms with van der Waals surface area (Å²) >= 11 is 0. The van der Waals surface area contributed by atoms with E-state index in [2.05, 4.69) is 36.1 Å². The molecular formula is C12H22N4O. The summed E-state index contributed by atoms with van der Waals surface area (Å²) in [4.78, 5) is 8.05. The van der Waals surface area contributed by atoms with Crippen molar-refractivity contribution >= 4 is 11.6 Å². The molecule has 0 saturated heterocycles. The highest BCUT2D eigenvalue weighted by Gasteiger charge is 2.13. The number of nitrogens with one attached hydrogen (secondary N) is 1. The van der Waals surface area contributed by atoms with Gasteiger partial charge in [0.25, 0.3) is 0 Å². The van der Waals surface area contributed by atoms with Crippen LogP contribution in [0.25, 0.3) is 0 Å². The fraction of sp³-hybridized carbons (Fsp3) is 0.667. The average molecular weight is 238 g/mol. The lowest BCUT2D eigenvalue weighted by atomic mass is 10.0. The standard InChI is InChI=1S/C12H22N4O/c1-5-8(2)6-9(3)16-12-10(17-4)11(13)14-7-15-12/h7-9H,5-6H2,1-4H3,(H3,13,14,15,16). The Morgan fingerprint density at radius 3 is 2.71 bits per heavy atom. The van der Waals surface area contributed by atoms with Crippen molar-refractivity contribution in [3.63, 3.8) is 0 Å². The third kappa shape index (κ3) is 3.76. The lowest BCUT2D eigenvalue weighted by Gasteiger charge is -2.19. The van der Waals surface area contributed by atoms with Crippen LogP contribution in [0.4, 0.5) is 11.6 Å². The van der Waals surface area contributed by atoms with Crippen LogP contribution in [-0.4, -0.2) is 23.1 Å². The Balaban J connectivity index is 2.71. The van der Waals surface area contributed by atoms with Gasteiger partial charge in [-0.25, -0.2) is 9.97 Å². The topological polar surface area (TPSA) is 73.1 Å². The molecule has 2 unspecified atom stereocenters. The van der Waals surface area contributed by atoms with Crippen LogP contribution in [0.1, 0.15) is 33.6 Å². The van der Waals surface area contributed by atoms with Gasteiger partial charge in [0.15, 0.2) is 11.6 Å². The van der Waals surface area contributed by atoms with Crippen molar-refractivity contribution in [2.24, 2.45) is 5.92 Å². The second-order valence-electron chi connectivity index (χ2n) is 4.44. The van der Waals surface area contributed by atoms with Gasteiger partial charge in [-0.2, -0.15) is 0 Å². The maximum Gasteiger partial charge on any atom is 0.203 e. The lowest BCUT2D eigenvalue weighted by molar-refractivity contribution is 0.413. The molecule has 0 bridgehead atoms. The number of hydrogen-bond donors (Lipinski definition) is 2. The van der Waals surface area contributed by atoms with Crippen LogP contribution in [0.2, 0.25) is 0 Å². The van der Waals surface area contributed by atoms with Gasteiger partial charge < -0.3 is 15.8 Å². The van der Waals surface area contributed by atoms with Crippen LogP contribution in [0, 0.1) is 5.92 Å². The van der Waals surface area contributed by atoms with E-state index in [-0.39, 0.29) is 0 Å². The molecule has 0 aliphatic heterocycles. The van der Waals surface area contributed by atoms with Crippen molar-refractivity contribution in [2.75, 3.05) is 18.2 Å². The molecule has 5 nitrogen and oxygen atoms in total. The van der Waals surface area contributed by atoms with Gasteiger partial charge in [-0.3, -0.25) is 0 Å². The van der Waals surface area contributed by atoms with E-state index < -0.39 is 0 Å². The molecule has 1 aromatic heterocycles. The summed E-state index contributed by atoms with van der Waals surface area (Å²) in [7, 11) is 1.57. The molecule has 3 N–H and O–H groups in total. The molecule has 1 aromatic rings.